The number of nitrogens with zero attached hydrogens (tertiary/aromatic N) is 3. The highest BCUT2D eigenvalue weighted by Gasteiger charge is 2.14. The third-order valence-corrected chi connectivity index (χ3v) is 3.93. The molecule has 4 nitrogen and oxygen atoms in total. The first-order valence-corrected chi connectivity index (χ1v) is 7.21. The van der Waals surface area contributed by atoms with Crippen LogP contribution in [-0.2, 0) is 13.1 Å². The minimum absolute atomic E-state index is 0.924. The van der Waals surface area contributed by atoms with Crippen molar-refractivity contribution < 1.29 is 0 Å². The van der Waals surface area contributed by atoms with Crippen LogP contribution in [0.25, 0.3) is 0 Å². The Bertz CT molecular complexity index is 339. The Balaban J connectivity index is 1.61. The summed E-state index contributed by atoms with van der Waals surface area (Å²) in [5.74, 6) is 0.924. The molecule has 102 valence electrons. The Morgan fingerprint density at radius 3 is 2.89 bits per heavy atom. The third kappa shape index (κ3) is 3.82. The number of rotatable bonds is 6. The number of aromatic nitrogens is 2. The molecule has 1 aromatic rings. The van der Waals surface area contributed by atoms with E-state index in [0.29, 0.717) is 0 Å². The molecule has 4 heteroatoms. The van der Waals surface area contributed by atoms with Gasteiger partial charge in [0.25, 0.3) is 0 Å². The number of nitrogens with one attached hydrogen (secondary N) is 1. The van der Waals surface area contributed by atoms with Gasteiger partial charge in [-0.3, -0.25) is 0 Å². The molecule has 1 aromatic heterocycles. The van der Waals surface area contributed by atoms with Crippen molar-refractivity contribution in [3.63, 3.8) is 0 Å². The smallest absolute Gasteiger partial charge is 0.0948 e. The molecule has 0 unspecified atom stereocenters. The van der Waals surface area contributed by atoms with Crippen LogP contribution in [0.3, 0.4) is 0 Å². The fourth-order valence-electron chi connectivity index (χ4n) is 2.52. The Hall–Kier alpha value is -0.870. The zero-order chi connectivity index (χ0) is 12.8. The molecule has 0 spiro atoms. The van der Waals surface area contributed by atoms with E-state index in [2.05, 4.69) is 33.6 Å². The molecule has 1 fully saturated rings. The average Bonchev–Trinajstić information content (AvgIpc) is 2.84. The van der Waals surface area contributed by atoms with E-state index in [1.54, 1.807) is 0 Å². The average molecular weight is 250 g/mol. The van der Waals surface area contributed by atoms with Crippen molar-refractivity contribution in [2.24, 2.45) is 5.92 Å². The van der Waals surface area contributed by atoms with Gasteiger partial charge in [0.1, 0.15) is 0 Å². The van der Waals surface area contributed by atoms with Crippen LogP contribution >= 0.6 is 0 Å². The molecule has 0 radical (unpaired) electrons. The van der Waals surface area contributed by atoms with Gasteiger partial charge in [0.2, 0.25) is 0 Å². The number of piperidine rings is 1. The van der Waals surface area contributed by atoms with Crippen LogP contribution in [0.2, 0.25) is 0 Å². The van der Waals surface area contributed by atoms with Crippen LogP contribution in [0.1, 0.15) is 32.4 Å². The number of imidazole rings is 1. The molecular weight excluding hydrogens is 224 g/mol. The highest BCUT2D eigenvalue weighted by Crippen LogP contribution is 2.15. The molecule has 1 aliphatic heterocycles. The molecule has 1 N–H and O–H groups in total. The topological polar surface area (TPSA) is 33.1 Å². The van der Waals surface area contributed by atoms with Gasteiger partial charge >= 0.3 is 0 Å². The van der Waals surface area contributed by atoms with E-state index in [1.807, 2.05) is 12.5 Å². The molecule has 1 saturated heterocycles. The predicted octanol–water partition coefficient (Wildman–Crippen LogP) is 1.72. The fourth-order valence-corrected chi connectivity index (χ4v) is 2.52. The molecule has 2 rings (SSSR count). The second kappa shape index (κ2) is 6.90. The summed E-state index contributed by atoms with van der Waals surface area (Å²) < 4.78 is 2.19. The quantitative estimate of drug-likeness (QED) is 0.781. The highest BCUT2D eigenvalue weighted by molar-refractivity contribution is 4.97. The minimum Gasteiger partial charge on any atom is -0.334 e. The largest absolute Gasteiger partial charge is 0.334 e. The zero-order valence-electron chi connectivity index (χ0n) is 11.7. The summed E-state index contributed by atoms with van der Waals surface area (Å²) in [5, 5.41) is 3.52. The molecule has 18 heavy (non-hydrogen) atoms. The van der Waals surface area contributed by atoms with E-state index in [4.69, 9.17) is 0 Å². The lowest BCUT2D eigenvalue weighted by molar-refractivity contribution is 0.193. The van der Waals surface area contributed by atoms with Crippen molar-refractivity contribution in [2.75, 3.05) is 26.2 Å². The first-order chi connectivity index (χ1) is 8.79. The number of hydrogen-bond donors (Lipinski definition) is 1. The summed E-state index contributed by atoms with van der Waals surface area (Å²) >= 11 is 0. The van der Waals surface area contributed by atoms with Crippen molar-refractivity contribution >= 4 is 0 Å². The van der Waals surface area contributed by atoms with Crippen molar-refractivity contribution in [3.8, 4) is 0 Å². The van der Waals surface area contributed by atoms with Crippen molar-refractivity contribution in [1.29, 1.82) is 0 Å². The van der Waals surface area contributed by atoms with Gasteiger partial charge in [-0.05, 0) is 38.8 Å². The molecule has 2 heterocycles. The summed E-state index contributed by atoms with van der Waals surface area (Å²) in [6.07, 6.45) is 6.59. The molecule has 0 bridgehead atoms. The summed E-state index contributed by atoms with van der Waals surface area (Å²) in [7, 11) is 0. The Kier molecular flexibility index (Phi) is 5.20. The van der Waals surface area contributed by atoms with Gasteiger partial charge in [0.05, 0.1) is 12.0 Å². The maximum atomic E-state index is 4.18. The van der Waals surface area contributed by atoms with E-state index in [1.165, 1.54) is 38.2 Å². The lowest BCUT2D eigenvalue weighted by Gasteiger charge is -2.30. The lowest BCUT2D eigenvalue weighted by atomic mass is 9.99. The van der Waals surface area contributed by atoms with E-state index < -0.39 is 0 Å². The maximum absolute atomic E-state index is 4.18. The highest BCUT2D eigenvalue weighted by atomic mass is 15.1. The summed E-state index contributed by atoms with van der Waals surface area (Å²) in [6.45, 7) is 11.2. The molecule has 0 saturated carbocycles. The van der Waals surface area contributed by atoms with Crippen LogP contribution in [-0.4, -0.2) is 40.6 Å². The lowest BCUT2D eigenvalue weighted by Crippen LogP contribution is -2.37. The van der Waals surface area contributed by atoms with E-state index in [9.17, 15) is 0 Å². The van der Waals surface area contributed by atoms with E-state index >= 15 is 0 Å². The summed E-state index contributed by atoms with van der Waals surface area (Å²) in [5.41, 5.74) is 1.28. The SMILES string of the molecule is CCn1cncc1CNCCN1CCC(C)CC1. The van der Waals surface area contributed by atoms with Crippen LogP contribution < -0.4 is 5.32 Å². The molecule has 0 amide bonds. The Morgan fingerprint density at radius 2 is 2.17 bits per heavy atom. The van der Waals surface area contributed by atoms with Gasteiger partial charge in [-0.25, -0.2) is 4.98 Å². The van der Waals surface area contributed by atoms with Gasteiger partial charge < -0.3 is 14.8 Å². The maximum Gasteiger partial charge on any atom is 0.0948 e. The normalized spacial score (nSPS) is 18.3. The standard InChI is InChI=1S/C14H26N4/c1-3-18-12-16-11-14(18)10-15-6-9-17-7-4-13(2)5-8-17/h11-13,15H,3-10H2,1-2H3. The van der Waals surface area contributed by atoms with Gasteiger partial charge in [-0.15, -0.1) is 0 Å². The van der Waals surface area contributed by atoms with Crippen LogP contribution in [0.15, 0.2) is 12.5 Å². The molecular formula is C14H26N4. The monoisotopic (exact) mass is 250 g/mol. The van der Waals surface area contributed by atoms with Gasteiger partial charge in [0, 0.05) is 32.4 Å². The first-order valence-electron chi connectivity index (χ1n) is 7.21. The molecule has 0 aliphatic carbocycles. The fraction of sp³-hybridized carbons (Fsp3) is 0.786. The number of aryl methyl sites for hydroxylation is 1. The van der Waals surface area contributed by atoms with Gasteiger partial charge in [-0.1, -0.05) is 6.92 Å². The first kappa shape index (κ1) is 13.6. The number of hydrogen-bond acceptors (Lipinski definition) is 3. The zero-order valence-corrected chi connectivity index (χ0v) is 11.7. The van der Waals surface area contributed by atoms with Crippen LogP contribution in [0.5, 0.6) is 0 Å². The van der Waals surface area contributed by atoms with Crippen molar-refractivity contribution in [2.45, 2.75) is 39.8 Å². The number of likely N-dealkylation sites (tertiary alicyclic amines) is 1. The molecule has 1 aliphatic rings. The summed E-state index contributed by atoms with van der Waals surface area (Å²) in [4.78, 5) is 6.76. The van der Waals surface area contributed by atoms with E-state index in [0.717, 1.165) is 25.6 Å². The van der Waals surface area contributed by atoms with Crippen LogP contribution in [0.4, 0.5) is 0 Å². The Labute approximate surface area is 110 Å². The minimum atomic E-state index is 0.924. The van der Waals surface area contributed by atoms with Crippen molar-refractivity contribution in [3.05, 3.63) is 18.2 Å². The second-order valence-electron chi connectivity index (χ2n) is 5.37. The third-order valence-electron chi connectivity index (χ3n) is 3.93. The summed E-state index contributed by atoms with van der Waals surface area (Å²) in [6, 6.07) is 0. The van der Waals surface area contributed by atoms with Gasteiger partial charge in [0.15, 0.2) is 0 Å². The molecule has 0 aromatic carbocycles. The van der Waals surface area contributed by atoms with Crippen molar-refractivity contribution in [1.82, 2.24) is 19.8 Å². The Morgan fingerprint density at radius 1 is 1.39 bits per heavy atom. The van der Waals surface area contributed by atoms with Gasteiger partial charge in [-0.2, -0.15) is 0 Å². The van der Waals surface area contributed by atoms with E-state index in [-0.39, 0.29) is 0 Å². The van der Waals surface area contributed by atoms with Crippen LogP contribution in [0, 0.1) is 5.92 Å². The predicted molar refractivity (Wildman–Crippen MR) is 74.4 cm³/mol. The molecule has 0 atom stereocenters. The second-order valence-corrected chi connectivity index (χ2v) is 5.37.